The SMILES string of the molecule is CCNC(=NCc1ccc(C)cc1OC(C)C)NCCCCSC. The van der Waals surface area contributed by atoms with Gasteiger partial charge in [-0.2, -0.15) is 11.8 Å². The van der Waals surface area contributed by atoms with Gasteiger partial charge in [0.1, 0.15) is 5.75 Å². The van der Waals surface area contributed by atoms with Gasteiger partial charge in [0.15, 0.2) is 5.96 Å². The molecule has 0 spiro atoms. The minimum atomic E-state index is 0.164. The lowest BCUT2D eigenvalue weighted by atomic mass is 10.1. The maximum Gasteiger partial charge on any atom is 0.191 e. The number of unbranched alkanes of at least 4 members (excludes halogenated alkanes) is 1. The van der Waals surface area contributed by atoms with Crippen LogP contribution in [-0.4, -0.2) is 37.2 Å². The first-order valence-electron chi connectivity index (χ1n) is 8.84. The van der Waals surface area contributed by atoms with E-state index in [0.717, 1.165) is 36.8 Å². The van der Waals surface area contributed by atoms with E-state index in [0.29, 0.717) is 6.54 Å². The molecule has 0 fully saturated rings. The highest BCUT2D eigenvalue weighted by atomic mass is 32.2. The minimum Gasteiger partial charge on any atom is -0.491 e. The van der Waals surface area contributed by atoms with Gasteiger partial charge in [0, 0.05) is 18.7 Å². The zero-order chi connectivity index (χ0) is 17.8. The van der Waals surface area contributed by atoms with Gasteiger partial charge >= 0.3 is 0 Å². The second-order valence-corrected chi connectivity index (χ2v) is 7.09. The Hall–Kier alpha value is -1.36. The minimum absolute atomic E-state index is 0.164. The van der Waals surface area contributed by atoms with Gasteiger partial charge in [0.25, 0.3) is 0 Å². The summed E-state index contributed by atoms with van der Waals surface area (Å²) in [5.74, 6) is 3.02. The lowest BCUT2D eigenvalue weighted by Gasteiger charge is -2.15. The van der Waals surface area contributed by atoms with Crippen LogP contribution >= 0.6 is 11.8 Å². The topological polar surface area (TPSA) is 45.7 Å². The van der Waals surface area contributed by atoms with Crippen molar-refractivity contribution in [1.29, 1.82) is 0 Å². The van der Waals surface area contributed by atoms with E-state index in [2.05, 4.69) is 62.8 Å². The number of hydrogen-bond donors (Lipinski definition) is 2. The van der Waals surface area contributed by atoms with Crippen LogP contribution in [-0.2, 0) is 6.54 Å². The molecule has 0 atom stereocenters. The second-order valence-electron chi connectivity index (χ2n) is 6.10. The molecule has 0 amide bonds. The number of nitrogens with one attached hydrogen (secondary N) is 2. The average molecular weight is 352 g/mol. The maximum atomic E-state index is 5.93. The van der Waals surface area contributed by atoms with Crippen LogP contribution in [0.4, 0.5) is 0 Å². The van der Waals surface area contributed by atoms with Crippen molar-refractivity contribution in [3.8, 4) is 5.75 Å². The molecule has 0 aliphatic carbocycles. The fourth-order valence-corrected chi connectivity index (χ4v) is 2.73. The largest absolute Gasteiger partial charge is 0.491 e. The fourth-order valence-electron chi connectivity index (χ4n) is 2.24. The molecule has 0 saturated heterocycles. The third-order valence-corrected chi connectivity index (χ3v) is 4.10. The molecule has 0 radical (unpaired) electrons. The number of nitrogens with zero attached hydrogens (tertiary/aromatic N) is 1. The number of benzene rings is 1. The van der Waals surface area contributed by atoms with Gasteiger partial charge in [-0.05, 0) is 64.2 Å². The summed E-state index contributed by atoms with van der Waals surface area (Å²) in [6.45, 7) is 10.7. The Labute approximate surface area is 151 Å². The summed E-state index contributed by atoms with van der Waals surface area (Å²) in [7, 11) is 0. The zero-order valence-electron chi connectivity index (χ0n) is 15.8. The smallest absolute Gasteiger partial charge is 0.191 e. The Morgan fingerprint density at radius 1 is 1.25 bits per heavy atom. The number of rotatable bonds is 10. The van der Waals surface area contributed by atoms with E-state index in [-0.39, 0.29) is 6.10 Å². The normalized spacial score (nSPS) is 11.7. The van der Waals surface area contributed by atoms with Crippen LogP contribution in [0.25, 0.3) is 0 Å². The molecule has 0 heterocycles. The summed E-state index contributed by atoms with van der Waals surface area (Å²) in [4.78, 5) is 4.71. The Bertz CT molecular complexity index is 503. The highest BCUT2D eigenvalue weighted by Gasteiger charge is 2.06. The number of aliphatic imine (C=N–C) groups is 1. The molecular weight excluding hydrogens is 318 g/mol. The monoisotopic (exact) mass is 351 g/mol. The summed E-state index contributed by atoms with van der Waals surface area (Å²) in [6, 6.07) is 6.31. The molecule has 4 nitrogen and oxygen atoms in total. The molecule has 2 N–H and O–H groups in total. The quantitative estimate of drug-likeness (QED) is 0.380. The molecule has 0 aliphatic rings. The van der Waals surface area contributed by atoms with Crippen LogP contribution in [0.2, 0.25) is 0 Å². The van der Waals surface area contributed by atoms with Gasteiger partial charge < -0.3 is 15.4 Å². The Balaban J connectivity index is 2.67. The first-order chi connectivity index (χ1) is 11.6. The highest BCUT2D eigenvalue weighted by molar-refractivity contribution is 7.98. The summed E-state index contributed by atoms with van der Waals surface area (Å²) in [5.41, 5.74) is 2.33. The number of thioether (sulfide) groups is 1. The van der Waals surface area contributed by atoms with Crippen LogP contribution in [0.1, 0.15) is 44.7 Å². The third-order valence-electron chi connectivity index (χ3n) is 3.40. The van der Waals surface area contributed by atoms with Crippen molar-refractivity contribution in [3.63, 3.8) is 0 Å². The first-order valence-corrected chi connectivity index (χ1v) is 10.2. The summed E-state index contributed by atoms with van der Waals surface area (Å²) >= 11 is 1.90. The van der Waals surface area contributed by atoms with Gasteiger partial charge in [0.05, 0.1) is 12.6 Å². The average Bonchev–Trinajstić information content (AvgIpc) is 2.53. The molecule has 0 aliphatic heterocycles. The fraction of sp³-hybridized carbons (Fsp3) is 0.632. The van der Waals surface area contributed by atoms with Gasteiger partial charge in [-0.1, -0.05) is 12.1 Å². The van der Waals surface area contributed by atoms with Crippen LogP contribution in [0, 0.1) is 6.92 Å². The Kier molecular flexibility index (Phi) is 10.4. The Morgan fingerprint density at radius 2 is 2.04 bits per heavy atom. The van der Waals surface area contributed by atoms with Crippen LogP contribution in [0.15, 0.2) is 23.2 Å². The predicted octanol–water partition coefficient (Wildman–Crippen LogP) is 3.98. The molecule has 24 heavy (non-hydrogen) atoms. The van der Waals surface area contributed by atoms with Gasteiger partial charge in [-0.25, -0.2) is 4.99 Å². The van der Waals surface area contributed by atoms with E-state index >= 15 is 0 Å². The van der Waals surface area contributed by atoms with E-state index < -0.39 is 0 Å². The molecule has 5 heteroatoms. The van der Waals surface area contributed by atoms with Crippen molar-refractivity contribution in [2.75, 3.05) is 25.1 Å². The zero-order valence-corrected chi connectivity index (χ0v) is 16.6. The molecule has 0 unspecified atom stereocenters. The molecular formula is C19H33N3OS. The molecule has 136 valence electrons. The van der Waals surface area contributed by atoms with Crippen molar-refractivity contribution in [3.05, 3.63) is 29.3 Å². The van der Waals surface area contributed by atoms with Crippen LogP contribution < -0.4 is 15.4 Å². The van der Waals surface area contributed by atoms with E-state index in [4.69, 9.17) is 9.73 Å². The standard InChI is InChI=1S/C19H33N3OS/c1-6-20-19(21-11-7-8-12-24-5)22-14-17-10-9-16(4)13-18(17)23-15(2)3/h9-10,13,15H,6-8,11-12,14H2,1-5H3,(H2,20,21,22). The number of guanidine groups is 1. The molecule has 0 saturated carbocycles. The molecule has 1 aromatic rings. The van der Waals surface area contributed by atoms with E-state index in [1.807, 2.05) is 11.8 Å². The summed E-state index contributed by atoms with van der Waals surface area (Å²) in [5, 5.41) is 6.72. The highest BCUT2D eigenvalue weighted by Crippen LogP contribution is 2.22. The van der Waals surface area contributed by atoms with Crippen LogP contribution in [0.3, 0.4) is 0 Å². The van der Waals surface area contributed by atoms with Crippen molar-refractivity contribution in [2.45, 2.75) is 53.2 Å². The lowest BCUT2D eigenvalue weighted by molar-refractivity contribution is 0.240. The van der Waals surface area contributed by atoms with Crippen molar-refractivity contribution in [1.82, 2.24) is 10.6 Å². The van der Waals surface area contributed by atoms with Crippen molar-refractivity contribution < 1.29 is 4.74 Å². The van der Waals surface area contributed by atoms with Crippen LogP contribution in [0.5, 0.6) is 5.75 Å². The summed E-state index contributed by atoms with van der Waals surface area (Å²) in [6.07, 6.45) is 4.71. The number of aryl methyl sites for hydroxylation is 1. The van der Waals surface area contributed by atoms with E-state index in [1.165, 1.54) is 17.7 Å². The number of ether oxygens (including phenoxy) is 1. The van der Waals surface area contributed by atoms with Gasteiger partial charge in [0.2, 0.25) is 0 Å². The summed E-state index contributed by atoms with van der Waals surface area (Å²) < 4.78 is 5.93. The maximum absolute atomic E-state index is 5.93. The Morgan fingerprint density at radius 3 is 2.71 bits per heavy atom. The second kappa shape index (κ2) is 12.1. The van der Waals surface area contributed by atoms with E-state index in [9.17, 15) is 0 Å². The van der Waals surface area contributed by atoms with Crippen molar-refractivity contribution >= 4 is 17.7 Å². The molecule has 1 aromatic carbocycles. The van der Waals surface area contributed by atoms with Gasteiger partial charge in [-0.15, -0.1) is 0 Å². The molecule has 0 aromatic heterocycles. The predicted molar refractivity (Wildman–Crippen MR) is 107 cm³/mol. The van der Waals surface area contributed by atoms with Gasteiger partial charge in [-0.3, -0.25) is 0 Å². The molecule has 1 rings (SSSR count). The van der Waals surface area contributed by atoms with E-state index in [1.54, 1.807) is 0 Å². The third kappa shape index (κ3) is 8.48. The number of hydrogen-bond acceptors (Lipinski definition) is 3. The van der Waals surface area contributed by atoms with Crippen molar-refractivity contribution in [2.24, 2.45) is 4.99 Å². The first kappa shape index (κ1) is 20.7. The lowest BCUT2D eigenvalue weighted by Crippen LogP contribution is -2.37. The molecule has 0 bridgehead atoms.